The fourth-order valence-corrected chi connectivity index (χ4v) is 6.59. The Balaban J connectivity index is 1.52. The molecule has 1 N–H and O–H groups in total. The Kier molecular flexibility index (Phi) is 8.32. The Morgan fingerprint density at radius 3 is 2.18 bits per heavy atom. The summed E-state index contributed by atoms with van der Waals surface area (Å²) in [5.74, 6) is -0.115. The predicted octanol–water partition coefficient (Wildman–Crippen LogP) is 3.57. The first-order chi connectivity index (χ1) is 15.6. The zero-order valence-electron chi connectivity index (χ0n) is 20.5. The molecule has 3 rings (SSSR count). The first-order valence-corrected chi connectivity index (χ1v) is 13.1. The zero-order valence-corrected chi connectivity index (χ0v) is 21.3. The number of hydrogen-bond acceptors (Lipinski definition) is 4. The molecule has 0 radical (unpaired) electrons. The highest BCUT2D eigenvalue weighted by atomic mass is 32.2. The average Bonchev–Trinajstić information content (AvgIpc) is 2.78. The van der Waals surface area contributed by atoms with Crippen molar-refractivity contribution in [3.8, 4) is 0 Å². The minimum Gasteiger partial charge on any atom is -0.355 e. The average molecular weight is 472 g/mol. The first kappa shape index (κ1) is 25.4. The summed E-state index contributed by atoms with van der Waals surface area (Å²) < 4.78 is 28.4. The van der Waals surface area contributed by atoms with Gasteiger partial charge in [-0.3, -0.25) is 4.79 Å². The number of amides is 1. The van der Waals surface area contributed by atoms with Crippen LogP contribution >= 0.6 is 0 Å². The number of piperidine rings is 1. The number of carbonyl (C=O) groups is 1. The minimum absolute atomic E-state index is 0.0268. The summed E-state index contributed by atoms with van der Waals surface area (Å²) in [5.41, 5.74) is 4.86. The molecule has 2 aromatic rings. The van der Waals surface area contributed by atoms with Crippen molar-refractivity contribution in [3.63, 3.8) is 0 Å². The molecule has 0 spiro atoms. The molecule has 0 saturated carbocycles. The predicted molar refractivity (Wildman–Crippen MR) is 133 cm³/mol. The summed E-state index contributed by atoms with van der Waals surface area (Å²) in [6.45, 7) is 10.6. The van der Waals surface area contributed by atoms with Crippen molar-refractivity contribution in [3.05, 3.63) is 64.2 Å². The summed E-state index contributed by atoms with van der Waals surface area (Å²) in [5, 5.41) is 3.04. The lowest BCUT2D eigenvalue weighted by molar-refractivity contribution is -0.126. The van der Waals surface area contributed by atoms with Gasteiger partial charge in [0.2, 0.25) is 15.9 Å². The monoisotopic (exact) mass is 471 g/mol. The molecule has 180 valence electrons. The van der Waals surface area contributed by atoms with Crippen LogP contribution in [0.1, 0.15) is 40.7 Å². The summed E-state index contributed by atoms with van der Waals surface area (Å²) in [4.78, 5) is 15.3. The molecule has 1 aliphatic rings. The largest absolute Gasteiger partial charge is 0.355 e. The van der Waals surface area contributed by atoms with Gasteiger partial charge in [-0.25, -0.2) is 8.42 Å². The second-order valence-corrected chi connectivity index (χ2v) is 11.2. The fourth-order valence-electron chi connectivity index (χ4n) is 4.54. The van der Waals surface area contributed by atoms with Crippen LogP contribution in [0.25, 0.3) is 0 Å². The molecule has 33 heavy (non-hydrogen) atoms. The molecular weight excluding hydrogens is 434 g/mol. The van der Waals surface area contributed by atoms with E-state index in [2.05, 4.69) is 22.3 Å². The van der Waals surface area contributed by atoms with Gasteiger partial charge in [0.05, 0.1) is 4.90 Å². The van der Waals surface area contributed by atoms with E-state index in [-0.39, 0.29) is 11.8 Å². The van der Waals surface area contributed by atoms with E-state index in [4.69, 9.17) is 0 Å². The van der Waals surface area contributed by atoms with Crippen molar-refractivity contribution in [1.82, 2.24) is 14.5 Å². The number of sulfonamides is 1. The van der Waals surface area contributed by atoms with Gasteiger partial charge in [-0.1, -0.05) is 36.4 Å². The third-order valence-corrected chi connectivity index (χ3v) is 8.98. The highest BCUT2D eigenvalue weighted by molar-refractivity contribution is 7.89. The molecule has 1 aliphatic heterocycles. The SMILES string of the molecule is Cc1cc(C)c(C)c(S(=O)(=O)N2CCC(C(=O)NCCN(C)Cc3ccccc3)CC2)c1C. The second-order valence-electron chi connectivity index (χ2n) is 9.28. The van der Waals surface area contributed by atoms with Crippen molar-refractivity contribution in [2.75, 3.05) is 33.2 Å². The Bertz CT molecular complexity index is 1050. The van der Waals surface area contributed by atoms with Crippen LogP contribution in [-0.2, 0) is 21.4 Å². The second kappa shape index (κ2) is 10.8. The molecule has 1 heterocycles. The molecular formula is C26H37N3O3S. The topological polar surface area (TPSA) is 69.7 Å². The number of likely N-dealkylation sites (N-methyl/N-ethyl adjacent to an activating group) is 1. The normalized spacial score (nSPS) is 15.7. The molecule has 1 amide bonds. The molecule has 0 unspecified atom stereocenters. The molecule has 0 bridgehead atoms. The van der Waals surface area contributed by atoms with Crippen molar-refractivity contribution in [2.45, 2.75) is 52.0 Å². The van der Waals surface area contributed by atoms with E-state index in [0.29, 0.717) is 37.4 Å². The van der Waals surface area contributed by atoms with E-state index in [9.17, 15) is 13.2 Å². The van der Waals surface area contributed by atoms with Crippen LogP contribution < -0.4 is 5.32 Å². The molecule has 2 aromatic carbocycles. The van der Waals surface area contributed by atoms with E-state index < -0.39 is 10.0 Å². The lowest BCUT2D eigenvalue weighted by atomic mass is 9.97. The van der Waals surface area contributed by atoms with Gasteiger partial charge in [0.1, 0.15) is 0 Å². The third kappa shape index (κ3) is 6.02. The van der Waals surface area contributed by atoms with Crippen LogP contribution in [0.4, 0.5) is 0 Å². The van der Waals surface area contributed by atoms with E-state index in [1.54, 1.807) is 4.31 Å². The zero-order chi connectivity index (χ0) is 24.2. The third-order valence-electron chi connectivity index (χ3n) is 6.81. The maximum atomic E-state index is 13.4. The highest BCUT2D eigenvalue weighted by Gasteiger charge is 2.34. The van der Waals surface area contributed by atoms with Gasteiger partial charge >= 0.3 is 0 Å². The van der Waals surface area contributed by atoms with E-state index in [1.807, 2.05) is 59.0 Å². The van der Waals surface area contributed by atoms with Gasteiger partial charge in [0.25, 0.3) is 0 Å². The van der Waals surface area contributed by atoms with Crippen molar-refractivity contribution >= 4 is 15.9 Å². The molecule has 0 aliphatic carbocycles. The number of nitrogens with one attached hydrogen (secondary N) is 1. The number of hydrogen-bond donors (Lipinski definition) is 1. The van der Waals surface area contributed by atoms with E-state index in [0.717, 1.165) is 35.3 Å². The van der Waals surface area contributed by atoms with Gasteiger partial charge in [0.15, 0.2) is 0 Å². The van der Waals surface area contributed by atoms with Gasteiger partial charge < -0.3 is 10.2 Å². The Labute approximate surface area is 199 Å². The molecule has 0 atom stereocenters. The molecule has 6 nitrogen and oxygen atoms in total. The van der Waals surface area contributed by atoms with Crippen LogP contribution in [0.5, 0.6) is 0 Å². The summed E-state index contributed by atoms with van der Waals surface area (Å²) >= 11 is 0. The van der Waals surface area contributed by atoms with E-state index >= 15 is 0 Å². The van der Waals surface area contributed by atoms with Gasteiger partial charge in [-0.2, -0.15) is 4.31 Å². The lowest BCUT2D eigenvalue weighted by Crippen LogP contribution is -2.44. The molecule has 1 fully saturated rings. The maximum Gasteiger partial charge on any atom is 0.243 e. The summed E-state index contributed by atoms with van der Waals surface area (Å²) in [7, 11) is -1.54. The van der Waals surface area contributed by atoms with Crippen LogP contribution in [-0.4, -0.2) is 56.8 Å². The van der Waals surface area contributed by atoms with Crippen molar-refractivity contribution < 1.29 is 13.2 Å². The first-order valence-electron chi connectivity index (χ1n) is 11.7. The van der Waals surface area contributed by atoms with Gasteiger partial charge in [-0.05, 0) is 75.4 Å². The maximum absolute atomic E-state index is 13.4. The Hall–Kier alpha value is -2.22. The summed E-state index contributed by atoms with van der Waals surface area (Å²) in [6.07, 6.45) is 1.10. The quantitative estimate of drug-likeness (QED) is 0.639. The smallest absolute Gasteiger partial charge is 0.243 e. The minimum atomic E-state index is -3.58. The van der Waals surface area contributed by atoms with Gasteiger partial charge in [-0.15, -0.1) is 0 Å². The number of benzene rings is 2. The molecule has 0 aromatic heterocycles. The standard InChI is InChI=1S/C26H37N3O3S/c1-19-17-20(2)22(4)25(21(19)3)33(31,32)29-14-11-24(12-15-29)26(30)27-13-16-28(5)18-23-9-7-6-8-10-23/h6-10,17,24H,11-16,18H2,1-5H3,(H,27,30). The molecule has 1 saturated heterocycles. The van der Waals surface area contributed by atoms with Crippen molar-refractivity contribution in [1.29, 1.82) is 0 Å². The van der Waals surface area contributed by atoms with Crippen LogP contribution in [0.15, 0.2) is 41.3 Å². The number of carbonyl (C=O) groups excluding carboxylic acids is 1. The Morgan fingerprint density at radius 1 is 1.03 bits per heavy atom. The summed E-state index contributed by atoms with van der Waals surface area (Å²) in [6, 6.07) is 12.3. The highest BCUT2D eigenvalue weighted by Crippen LogP contribution is 2.31. The van der Waals surface area contributed by atoms with Crippen LogP contribution in [0.2, 0.25) is 0 Å². The van der Waals surface area contributed by atoms with Gasteiger partial charge in [0, 0.05) is 38.6 Å². The number of rotatable bonds is 8. The van der Waals surface area contributed by atoms with Crippen LogP contribution in [0, 0.1) is 33.6 Å². The lowest BCUT2D eigenvalue weighted by Gasteiger charge is -2.32. The fraction of sp³-hybridized carbons (Fsp3) is 0.500. The molecule has 7 heteroatoms. The van der Waals surface area contributed by atoms with Crippen molar-refractivity contribution in [2.24, 2.45) is 5.92 Å². The van der Waals surface area contributed by atoms with E-state index in [1.165, 1.54) is 5.56 Å². The Morgan fingerprint density at radius 2 is 1.61 bits per heavy atom. The number of nitrogens with zero attached hydrogens (tertiary/aromatic N) is 2. The number of aryl methyl sites for hydroxylation is 2. The van der Waals surface area contributed by atoms with Crippen LogP contribution in [0.3, 0.4) is 0 Å².